The first kappa shape index (κ1) is 16.3. The van der Waals surface area contributed by atoms with Crippen molar-refractivity contribution in [3.63, 3.8) is 0 Å². The molecular formula is C20H16FN5S. The van der Waals surface area contributed by atoms with Gasteiger partial charge < -0.3 is 4.90 Å². The number of hydrogen-bond donors (Lipinski definition) is 0. The van der Waals surface area contributed by atoms with E-state index in [-0.39, 0.29) is 0 Å². The van der Waals surface area contributed by atoms with Gasteiger partial charge in [0.2, 0.25) is 5.95 Å². The Morgan fingerprint density at radius 1 is 0.852 bits per heavy atom. The lowest BCUT2D eigenvalue weighted by molar-refractivity contribution is 0.584. The Hall–Kier alpha value is -2.93. The molecule has 1 saturated heterocycles. The van der Waals surface area contributed by atoms with Crippen molar-refractivity contribution < 1.29 is 4.39 Å². The van der Waals surface area contributed by atoms with Crippen LogP contribution in [0.25, 0.3) is 32.2 Å². The smallest absolute Gasteiger partial charge is 0.212 e. The van der Waals surface area contributed by atoms with Gasteiger partial charge in [0.25, 0.3) is 0 Å². The summed E-state index contributed by atoms with van der Waals surface area (Å²) in [5.41, 5.74) is 3.17. The first-order chi connectivity index (χ1) is 13.3. The zero-order valence-electron chi connectivity index (χ0n) is 14.5. The number of rotatable bonds is 3. The average molecular weight is 377 g/mol. The van der Waals surface area contributed by atoms with Crippen molar-refractivity contribution in [1.82, 2.24) is 19.9 Å². The Morgan fingerprint density at radius 3 is 2.41 bits per heavy atom. The van der Waals surface area contributed by atoms with Gasteiger partial charge in [0.15, 0.2) is 5.65 Å². The van der Waals surface area contributed by atoms with E-state index in [4.69, 9.17) is 0 Å². The number of halogens is 1. The van der Waals surface area contributed by atoms with Crippen LogP contribution in [0.2, 0.25) is 0 Å². The second-order valence-electron chi connectivity index (χ2n) is 6.51. The highest BCUT2D eigenvalue weighted by Gasteiger charge is 2.14. The van der Waals surface area contributed by atoms with E-state index >= 15 is 0 Å². The number of fused-ring (bicyclic) bond motifs is 1. The zero-order valence-corrected chi connectivity index (χ0v) is 15.3. The third-order valence-corrected chi connectivity index (χ3v) is 5.76. The molecule has 0 N–H and O–H groups in total. The SMILES string of the molecule is Fc1ccc(-c2ccc3sc(-c4ccc(N5CCCC5)nc4)nc3n2)cn1. The number of anilines is 1. The lowest BCUT2D eigenvalue weighted by Gasteiger charge is -2.15. The van der Waals surface area contributed by atoms with Crippen LogP contribution in [-0.4, -0.2) is 33.0 Å². The lowest BCUT2D eigenvalue weighted by atomic mass is 10.2. The molecule has 7 heteroatoms. The lowest BCUT2D eigenvalue weighted by Crippen LogP contribution is -2.18. The summed E-state index contributed by atoms with van der Waals surface area (Å²) in [6.45, 7) is 2.16. The molecule has 0 radical (unpaired) electrons. The maximum absolute atomic E-state index is 13.0. The van der Waals surface area contributed by atoms with Crippen LogP contribution >= 0.6 is 11.3 Å². The quantitative estimate of drug-likeness (QED) is 0.490. The van der Waals surface area contributed by atoms with Gasteiger partial charge in [-0.25, -0.2) is 19.9 Å². The van der Waals surface area contributed by atoms with Crippen molar-refractivity contribution in [1.29, 1.82) is 0 Å². The monoisotopic (exact) mass is 377 g/mol. The van der Waals surface area contributed by atoms with Crippen LogP contribution < -0.4 is 4.90 Å². The summed E-state index contributed by atoms with van der Waals surface area (Å²) in [4.78, 5) is 19.9. The van der Waals surface area contributed by atoms with E-state index in [2.05, 4.69) is 37.0 Å². The van der Waals surface area contributed by atoms with Crippen molar-refractivity contribution >= 4 is 27.5 Å². The second-order valence-corrected chi connectivity index (χ2v) is 7.54. The fraction of sp³-hybridized carbons (Fsp3) is 0.200. The van der Waals surface area contributed by atoms with E-state index in [0.717, 1.165) is 45.4 Å². The molecule has 0 unspecified atom stereocenters. The summed E-state index contributed by atoms with van der Waals surface area (Å²) in [6, 6.07) is 11.0. The third-order valence-electron chi connectivity index (χ3n) is 4.70. The van der Waals surface area contributed by atoms with E-state index in [1.807, 2.05) is 18.3 Å². The van der Waals surface area contributed by atoms with Crippen LogP contribution in [0.4, 0.5) is 10.2 Å². The highest BCUT2D eigenvalue weighted by Crippen LogP contribution is 2.31. The molecule has 0 saturated carbocycles. The third kappa shape index (κ3) is 3.14. The number of pyridine rings is 3. The Balaban J connectivity index is 1.46. The van der Waals surface area contributed by atoms with Crippen molar-refractivity contribution in [2.75, 3.05) is 18.0 Å². The molecule has 5 nitrogen and oxygen atoms in total. The average Bonchev–Trinajstić information content (AvgIpc) is 3.38. The minimum atomic E-state index is -0.499. The van der Waals surface area contributed by atoms with E-state index in [9.17, 15) is 4.39 Å². The predicted molar refractivity (Wildman–Crippen MR) is 105 cm³/mol. The van der Waals surface area contributed by atoms with Gasteiger partial charge in [-0.2, -0.15) is 4.39 Å². The van der Waals surface area contributed by atoms with Crippen molar-refractivity contribution in [2.45, 2.75) is 12.8 Å². The molecule has 0 aliphatic carbocycles. The fourth-order valence-corrected chi connectivity index (χ4v) is 4.17. The standard InChI is InChI=1S/C20H16FN5S/c21-17-7-3-13(11-22-17)15-5-6-16-19(24-15)25-20(27-16)14-4-8-18(23-12-14)26-9-1-2-10-26/h3-8,11-12H,1-2,9-10H2. The summed E-state index contributed by atoms with van der Waals surface area (Å²) >= 11 is 1.59. The molecule has 1 aliphatic rings. The summed E-state index contributed by atoms with van der Waals surface area (Å²) in [6.07, 6.45) is 5.84. The Kier molecular flexibility index (Phi) is 4.01. The highest BCUT2D eigenvalue weighted by atomic mass is 32.1. The normalized spacial score (nSPS) is 14.2. The molecule has 5 heterocycles. The molecule has 0 aromatic carbocycles. The van der Waals surface area contributed by atoms with E-state index < -0.39 is 5.95 Å². The van der Waals surface area contributed by atoms with Gasteiger partial charge in [0, 0.05) is 36.6 Å². The minimum absolute atomic E-state index is 0.499. The summed E-state index contributed by atoms with van der Waals surface area (Å²) in [5.74, 6) is 0.530. The van der Waals surface area contributed by atoms with Crippen LogP contribution in [0.15, 0.2) is 48.8 Å². The maximum atomic E-state index is 13.0. The van der Waals surface area contributed by atoms with Crippen LogP contribution in [-0.2, 0) is 0 Å². The molecule has 1 fully saturated rings. The van der Waals surface area contributed by atoms with Gasteiger partial charge in [0.05, 0.1) is 10.4 Å². The van der Waals surface area contributed by atoms with Crippen molar-refractivity contribution in [2.24, 2.45) is 0 Å². The molecule has 0 amide bonds. The van der Waals surface area contributed by atoms with Gasteiger partial charge in [-0.3, -0.25) is 0 Å². The largest absolute Gasteiger partial charge is 0.357 e. The molecule has 134 valence electrons. The number of thiazole rings is 1. The molecular weight excluding hydrogens is 361 g/mol. The number of aromatic nitrogens is 4. The molecule has 27 heavy (non-hydrogen) atoms. The Morgan fingerprint density at radius 2 is 1.67 bits per heavy atom. The van der Waals surface area contributed by atoms with Gasteiger partial charge in [-0.15, -0.1) is 11.3 Å². The highest BCUT2D eigenvalue weighted by molar-refractivity contribution is 7.21. The Bertz CT molecular complexity index is 1090. The van der Waals surface area contributed by atoms with E-state index in [1.165, 1.54) is 25.1 Å². The molecule has 5 rings (SSSR count). The molecule has 0 bridgehead atoms. The van der Waals surface area contributed by atoms with Gasteiger partial charge in [-0.1, -0.05) is 0 Å². The van der Waals surface area contributed by atoms with E-state index in [0.29, 0.717) is 5.65 Å². The summed E-state index contributed by atoms with van der Waals surface area (Å²) in [7, 11) is 0. The van der Waals surface area contributed by atoms with Crippen molar-refractivity contribution in [3.8, 4) is 21.8 Å². The first-order valence-corrected chi connectivity index (χ1v) is 9.69. The summed E-state index contributed by atoms with van der Waals surface area (Å²) < 4.78 is 14.0. The van der Waals surface area contributed by atoms with E-state index in [1.54, 1.807) is 17.4 Å². The van der Waals surface area contributed by atoms with Crippen molar-refractivity contribution in [3.05, 3.63) is 54.7 Å². The summed E-state index contributed by atoms with van der Waals surface area (Å²) in [5, 5.41) is 0.896. The minimum Gasteiger partial charge on any atom is -0.357 e. The first-order valence-electron chi connectivity index (χ1n) is 8.87. The van der Waals surface area contributed by atoms with Crippen LogP contribution in [0.1, 0.15) is 12.8 Å². The maximum Gasteiger partial charge on any atom is 0.212 e. The number of nitrogens with zero attached hydrogens (tertiary/aromatic N) is 5. The molecule has 4 aromatic rings. The molecule has 1 aliphatic heterocycles. The van der Waals surface area contributed by atoms with Crippen LogP contribution in [0.3, 0.4) is 0 Å². The zero-order chi connectivity index (χ0) is 18.2. The number of hydrogen-bond acceptors (Lipinski definition) is 6. The molecule has 4 aromatic heterocycles. The molecule has 0 atom stereocenters. The topological polar surface area (TPSA) is 54.8 Å². The van der Waals surface area contributed by atoms with Crippen LogP contribution in [0.5, 0.6) is 0 Å². The second kappa shape index (κ2) is 6.66. The molecule has 0 spiro atoms. The predicted octanol–water partition coefficient (Wildman–Crippen LogP) is 4.55. The van der Waals surface area contributed by atoms with Gasteiger partial charge in [0.1, 0.15) is 10.8 Å². The van der Waals surface area contributed by atoms with Gasteiger partial charge in [-0.05, 0) is 49.2 Å². The van der Waals surface area contributed by atoms with Crippen LogP contribution in [0, 0.1) is 5.95 Å². The Labute approximate surface area is 159 Å². The fourth-order valence-electron chi connectivity index (χ4n) is 3.28. The van der Waals surface area contributed by atoms with Gasteiger partial charge >= 0.3 is 0 Å².